The zero-order valence-corrected chi connectivity index (χ0v) is 37.5. The maximum absolute atomic E-state index is 10.4. The first-order valence-electron chi connectivity index (χ1n) is 17.2. The lowest BCUT2D eigenvalue weighted by Crippen LogP contribution is -2.33. The third-order valence-electron chi connectivity index (χ3n) is 6.20. The van der Waals surface area contributed by atoms with Crippen LogP contribution in [0.2, 0.25) is 0 Å². The summed E-state index contributed by atoms with van der Waals surface area (Å²) in [5.74, 6) is -0.578. The van der Waals surface area contributed by atoms with Gasteiger partial charge in [-0.2, -0.15) is 25.3 Å². The molecule has 0 spiro atoms. The molecule has 0 radical (unpaired) electrons. The number of aromatic nitrogens is 4. The molecule has 3 N–H and O–H groups in total. The highest BCUT2D eigenvalue weighted by atomic mass is 32.3. The van der Waals surface area contributed by atoms with E-state index in [-0.39, 0.29) is 23.0 Å². The zero-order chi connectivity index (χ0) is 47.6. The molecular formula is C32H47N4O20S6-. The molecule has 1 fully saturated rings. The van der Waals surface area contributed by atoms with Gasteiger partial charge in [0.15, 0.2) is 37.2 Å². The molecular weight excluding hydrogens is 953 g/mol. The molecule has 1 atom stereocenters. The molecule has 62 heavy (non-hydrogen) atoms. The second-order valence-corrected chi connectivity index (χ2v) is 19.2. The number of aryl methyl sites for hydroxylation is 3. The minimum absolute atomic E-state index is 0.186. The Morgan fingerprint density at radius 2 is 0.919 bits per heavy atom. The van der Waals surface area contributed by atoms with Crippen molar-refractivity contribution in [3.8, 4) is 0 Å². The third-order valence-corrected chi connectivity index (χ3v) is 10.0. The maximum atomic E-state index is 10.4. The van der Waals surface area contributed by atoms with E-state index in [1.165, 1.54) is 0 Å². The van der Waals surface area contributed by atoms with Crippen LogP contribution in [0.3, 0.4) is 0 Å². The van der Waals surface area contributed by atoms with E-state index in [2.05, 4.69) is 13.5 Å². The molecule has 0 aliphatic carbocycles. The average molecular weight is 1000 g/mol. The smallest absolute Gasteiger partial charge is 0.394 e. The zero-order valence-electron chi connectivity index (χ0n) is 32.6. The van der Waals surface area contributed by atoms with E-state index in [1.807, 2.05) is 124 Å². The van der Waals surface area contributed by atoms with E-state index in [0.29, 0.717) is 51.9 Å². The van der Waals surface area contributed by atoms with Gasteiger partial charge in [0.05, 0.1) is 49.7 Å². The highest BCUT2D eigenvalue weighted by Crippen LogP contribution is 2.05. The summed E-state index contributed by atoms with van der Waals surface area (Å²) in [5, 5.41) is 8.52. The summed E-state index contributed by atoms with van der Waals surface area (Å²) < 4.78 is 173. The second kappa shape index (κ2) is 33.7. The van der Waals surface area contributed by atoms with Crippen molar-refractivity contribution in [3.63, 3.8) is 0 Å². The van der Waals surface area contributed by atoms with E-state index < -0.39 is 62.2 Å². The number of pyridine rings is 4. The first kappa shape index (κ1) is 60.2. The molecule has 1 unspecified atom stereocenters. The van der Waals surface area contributed by atoms with Gasteiger partial charge in [0.1, 0.15) is 19.6 Å². The Balaban J connectivity index is 0. The van der Waals surface area contributed by atoms with Crippen molar-refractivity contribution >= 4 is 62.2 Å². The van der Waals surface area contributed by atoms with Gasteiger partial charge in [0.2, 0.25) is 0 Å². The normalized spacial score (nSPS) is 13.3. The molecule has 352 valence electrons. The molecule has 1 saturated heterocycles. The Labute approximate surface area is 363 Å². The number of nitrogens with zero attached hydrogens (tertiary/aromatic N) is 4. The standard InChI is InChI=1S/3C8H11NO3S.C5H5N.C3H6O3S.2H2O4S/c3*10-13(11,12)8-4-7-9-5-2-1-3-6-9;1-2-4-6-5-3-1;4-7(5)3-1-2-6-7;1-5(2,3)4;1-4-5(2)3/h3*1-3,5-6H,4,7-8H2;1-5H;1-3H2;(H2,1,2,3,4);1H,(H,2,3)/p-1. The Kier molecular flexibility index (Phi) is 32.7. The summed E-state index contributed by atoms with van der Waals surface area (Å²) in [6.07, 6.45) is 16.3. The molecule has 4 aromatic heterocycles. The van der Waals surface area contributed by atoms with Crippen LogP contribution in [0.1, 0.15) is 25.7 Å². The van der Waals surface area contributed by atoms with E-state index >= 15 is 0 Å². The fourth-order valence-electron chi connectivity index (χ4n) is 3.82. The van der Waals surface area contributed by atoms with Crippen LogP contribution in [0, 0.1) is 0 Å². The molecule has 0 bridgehead atoms. The summed E-state index contributed by atoms with van der Waals surface area (Å²) in [4.78, 5) is 3.78. The van der Waals surface area contributed by atoms with Crippen LogP contribution in [0.25, 0.3) is 0 Å². The fraction of sp³-hybridized carbons (Fsp3) is 0.375. The van der Waals surface area contributed by atoms with Gasteiger partial charge < -0.3 is 23.2 Å². The van der Waals surface area contributed by atoms with Crippen LogP contribution in [-0.4, -0.2) is 108 Å². The SMILES string of the molecule is O=S(=O)(O)CCC[n+]1ccccc1.O=S(=O)(O)O.O=S(=O)([O-])CCC[n+]1ccccc1.O=S(=O)([O-])CCC[n+]1ccccc1.O=S([O-])O[O-].O=S1(=O)CCCO1.c1ccncc1. The van der Waals surface area contributed by atoms with Crippen molar-refractivity contribution in [3.05, 3.63) is 122 Å². The molecule has 1 aliphatic rings. The van der Waals surface area contributed by atoms with Gasteiger partial charge in [-0.15, -0.1) is 0 Å². The third kappa shape index (κ3) is 50.5. The van der Waals surface area contributed by atoms with Gasteiger partial charge in [-0.05, 0) is 18.6 Å². The van der Waals surface area contributed by atoms with Crippen molar-refractivity contribution in [1.29, 1.82) is 0 Å². The van der Waals surface area contributed by atoms with Crippen LogP contribution < -0.4 is 19.0 Å². The summed E-state index contributed by atoms with van der Waals surface area (Å²) in [6, 6.07) is 22.5. The van der Waals surface area contributed by atoms with Crippen LogP contribution in [0.15, 0.2) is 122 Å². The first-order valence-corrected chi connectivity index (χ1v) is 25.9. The maximum Gasteiger partial charge on any atom is 0.394 e. The van der Waals surface area contributed by atoms with Crippen molar-refractivity contribution in [2.24, 2.45) is 0 Å². The molecule has 30 heteroatoms. The summed E-state index contributed by atoms with van der Waals surface area (Å²) in [7, 11) is -19.6. The molecule has 0 saturated carbocycles. The van der Waals surface area contributed by atoms with Gasteiger partial charge in [-0.1, -0.05) is 24.3 Å². The topological polar surface area (TPSA) is 384 Å². The van der Waals surface area contributed by atoms with Crippen LogP contribution in [0.5, 0.6) is 0 Å². The van der Waals surface area contributed by atoms with Gasteiger partial charge in [0.25, 0.3) is 20.2 Å². The molecule has 0 amide bonds. The number of rotatable bonds is 13. The number of hydrogen-bond acceptors (Lipinski definition) is 18. The summed E-state index contributed by atoms with van der Waals surface area (Å²) in [6.45, 7) is 2.09. The van der Waals surface area contributed by atoms with E-state index in [0.717, 1.165) is 0 Å². The van der Waals surface area contributed by atoms with E-state index in [9.17, 15) is 42.8 Å². The number of hydrogen-bond donors (Lipinski definition) is 3. The van der Waals surface area contributed by atoms with Crippen molar-refractivity contribution < 1.29 is 101 Å². The van der Waals surface area contributed by atoms with E-state index in [4.69, 9.17) is 36.1 Å². The summed E-state index contributed by atoms with van der Waals surface area (Å²) >= 11 is -2.88. The Morgan fingerprint density at radius 3 is 1.10 bits per heavy atom. The lowest BCUT2D eigenvalue weighted by molar-refractivity contribution is -0.697. The van der Waals surface area contributed by atoms with E-state index in [1.54, 1.807) is 12.4 Å². The van der Waals surface area contributed by atoms with Crippen molar-refractivity contribution in [2.75, 3.05) is 29.6 Å². The molecule has 1 aliphatic heterocycles. The monoisotopic (exact) mass is 999 g/mol. The van der Waals surface area contributed by atoms with Crippen molar-refractivity contribution in [2.45, 2.75) is 45.3 Å². The predicted molar refractivity (Wildman–Crippen MR) is 212 cm³/mol. The highest BCUT2D eigenvalue weighted by Gasteiger charge is 2.17. The second-order valence-electron chi connectivity index (χ2n) is 11.4. The molecule has 0 aromatic carbocycles. The van der Waals surface area contributed by atoms with Crippen LogP contribution >= 0.6 is 0 Å². The Hall–Kier alpha value is -3.86. The van der Waals surface area contributed by atoms with Gasteiger partial charge in [0, 0.05) is 79.6 Å². The Morgan fingerprint density at radius 1 is 0.613 bits per heavy atom. The highest BCUT2D eigenvalue weighted by molar-refractivity contribution is 7.87. The fourth-order valence-corrected chi connectivity index (χ4v) is 6.24. The summed E-state index contributed by atoms with van der Waals surface area (Å²) in [5.41, 5.74) is 0. The minimum atomic E-state index is -4.67. The average Bonchev–Trinajstić information content (AvgIpc) is 3.59. The molecule has 5 rings (SSSR count). The quantitative estimate of drug-likeness (QED) is 0.0336. The molecule has 5 heterocycles. The Bertz CT molecular complexity index is 2100. The minimum Gasteiger partial charge on any atom is -0.750 e. The van der Waals surface area contributed by atoms with Crippen molar-refractivity contribution in [1.82, 2.24) is 4.98 Å². The van der Waals surface area contributed by atoms with Gasteiger partial charge >= 0.3 is 10.4 Å². The molecule has 4 aromatic rings. The largest absolute Gasteiger partial charge is 0.750 e. The van der Waals surface area contributed by atoms with Gasteiger partial charge in [-0.25, -0.2) is 34.7 Å². The van der Waals surface area contributed by atoms with Gasteiger partial charge in [-0.3, -0.25) is 22.8 Å². The lowest BCUT2D eigenvalue weighted by atomic mass is 10.4. The van der Waals surface area contributed by atoms with Crippen LogP contribution in [-0.2, 0) is 90.4 Å². The first-order chi connectivity index (χ1) is 28.7. The lowest BCUT2D eigenvalue weighted by Gasteiger charge is -2.05. The molecule has 24 nitrogen and oxygen atoms in total. The predicted octanol–water partition coefficient (Wildman–Crippen LogP) is -1.69. The van der Waals surface area contributed by atoms with Crippen LogP contribution in [0.4, 0.5) is 0 Å².